The Labute approximate surface area is 201 Å². The van der Waals surface area contributed by atoms with Crippen molar-refractivity contribution in [3.8, 4) is 0 Å². The summed E-state index contributed by atoms with van der Waals surface area (Å²) >= 11 is 12.4. The molecule has 32 heavy (non-hydrogen) atoms. The molecule has 0 spiro atoms. The molecule has 1 N–H and O–H groups in total. The second kappa shape index (κ2) is 11.2. The summed E-state index contributed by atoms with van der Waals surface area (Å²) in [5.41, 5.74) is 2.00. The number of amides is 2. The molecule has 1 fully saturated rings. The minimum absolute atomic E-state index is 0.0774. The number of nitrogens with zero attached hydrogens (tertiary/aromatic N) is 2. The summed E-state index contributed by atoms with van der Waals surface area (Å²) in [6.07, 6.45) is 3.54. The molecule has 2 aromatic carbocycles. The van der Waals surface area contributed by atoms with E-state index in [1.807, 2.05) is 11.0 Å². The normalized spacial score (nSPS) is 17.0. The van der Waals surface area contributed by atoms with Gasteiger partial charge in [-0.05, 0) is 54.7 Å². The first-order chi connectivity index (χ1) is 15.3. The summed E-state index contributed by atoms with van der Waals surface area (Å²) in [6, 6.07) is 12.3. The number of hydrogen-bond acceptors (Lipinski definition) is 3. The van der Waals surface area contributed by atoms with Crippen LogP contribution in [0.2, 0.25) is 10.0 Å². The predicted octanol–water partition coefficient (Wildman–Crippen LogP) is 4.28. The molecule has 0 radical (unpaired) electrons. The van der Waals surface area contributed by atoms with Crippen molar-refractivity contribution in [2.45, 2.75) is 26.3 Å². The van der Waals surface area contributed by atoms with Crippen molar-refractivity contribution in [3.63, 3.8) is 0 Å². The largest absolute Gasteiger partial charge is 0.352 e. The molecule has 1 aliphatic rings. The monoisotopic (exact) mass is 495 g/mol. The van der Waals surface area contributed by atoms with E-state index >= 15 is 0 Å². The number of rotatable bonds is 7. The van der Waals surface area contributed by atoms with Crippen LogP contribution in [0.15, 0.2) is 42.5 Å². The Balaban J connectivity index is 1.63. The number of anilines is 1. The molecular weight excluding hydrogens is 469 g/mol. The van der Waals surface area contributed by atoms with Crippen molar-refractivity contribution in [1.82, 2.24) is 10.2 Å². The van der Waals surface area contributed by atoms with E-state index in [1.54, 1.807) is 53.9 Å². The Kier molecular flexibility index (Phi) is 8.57. The van der Waals surface area contributed by atoms with Crippen LogP contribution < -0.4 is 9.62 Å². The van der Waals surface area contributed by atoms with Gasteiger partial charge in [0, 0.05) is 44.1 Å². The summed E-state index contributed by atoms with van der Waals surface area (Å²) in [4.78, 5) is 26.0. The van der Waals surface area contributed by atoms with Gasteiger partial charge in [0.05, 0.1) is 16.6 Å². The first-order valence-corrected chi connectivity index (χ1v) is 12.7. The van der Waals surface area contributed by atoms with E-state index < -0.39 is 11.0 Å². The van der Waals surface area contributed by atoms with Crippen molar-refractivity contribution >= 4 is 51.7 Å². The second-order valence-electron chi connectivity index (χ2n) is 7.90. The Morgan fingerprint density at radius 2 is 1.91 bits per heavy atom. The molecule has 0 bridgehead atoms. The number of carbonyl (C=O) groups excluding carboxylic acids is 2. The number of halogens is 2. The van der Waals surface area contributed by atoms with E-state index in [9.17, 15) is 13.8 Å². The zero-order chi connectivity index (χ0) is 23.3. The number of piperidine rings is 1. The molecular formula is C23H27Cl2N3O3S. The van der Waals surface area contributed by atoms with E-state index in [-0.39, 0.29) is 17.7 Å². The van der Waals surface area contributed by atoms with Crippen molar-refractivity contribution in [1.29, 1.82) is 0 Å². The van der Waals surface area contributed by atoms with Gasteiger partial charge in [0.1, 0.15) is 11.0 Å². The zero-order valence-corrected chi connectivity index (χ0v) is 20.5. The van der Waals surface area contributed by atoms with Gasteiger partial charge < -0.3 is 10.2 Å². The quantitative estimate of drug-likeness (QED) is 0.622. The topological polar surface area (TPSA) is 69.7 Å². The van der Waals surface area contributed by atoms with Crippen LogP contribution in [0.5, 0.6) is 0 Å². The molecule has 0 aliphatic carbocycles. The van der Waals surface area contributed by atoms with Gasteiger partial charge in [-0.25, -0.2) is 4.21 Å². The highest BCUT2D eigenvalue weighted by atomic mass is 35.5. The van der Waals surface area contributed by atoms with Crippen LogP contribution in [0.4, 0.5) is 5.69 Å². The summed E-state index contributed by atoms with van der Waals surface area (Å²) in [5.74, 6) is 0.170. The molecule has 1 aliphatic heterocycles. The Morgan fingerprint density at radius 1 is 1.19 bits per heavy atom. The standard InChI is InChI=1S/C23H27Cl2N3O3S/c1-16(29)27-12-4-5-17(14-27)13-26-23(30)18-8-10-20(11-9-18)28(32(2)31)15-19-6-3-7-21(24)22(19)25/h3,6-11,17H,4-5,12-15H2,1-2H3,(H,26,30). The highest BCUT2D eigenvalue weighted by Crippen LogP contribution is 2.28. The van der Waals surface area contributed by atoms with E-state index in [2.05, 4.69) is 5.32 Å². The van der Waals surface area contributed by atoms with Crippen LogP contribution in [0.3, 0.4) is 0 Å². The number of benzene rings is 2. The smallest absolute Gasteiger partial charge is 0.251 e. The van der Waals surface area contributed by atoms with Crippen LogP contribution in [-0.4, -0.2) is 46.8 Å². The molecule has 0 aromatic heterocycles. The summed E-state index contributed by atoms with van der Waals surface area (Å²) in [7, 11) is -1.30. The van der Waals surface area contributed by atoms with Crippen molar-refractivity contribution < 1.29 is 13.8 Å². The molecule has 1 heterocycles. The Bertz CT molecular complexity index is 1000. The predicted molar refractivity (Wildman–Crippen MR) is 130 cm³/mol. The molecule has 2 aromatic rings. The first kappa shape index (κ1) is 24.6. The van der Waals surface area contributed by atoms with Gasteiger partial charge in [-0.1, -0.05) is 35.3 Å². The van der Waals surface area contributed by atoms with Crippen molar-refractivity contribution in [3.05, 3.63) is 63.6 Å². The fraction of sp³-hybridized carbons (Fsp3) is 0.391. The van der Waals surface area contributed by atoms with Crippen LogP contribution in [0.25, 0.3) is 0 Å². The third kappa shape index (κ3) is 6.24. The SMILES string of the molecule is CC(=O)N1CCCC(CNC(=O)c2ccc(N(Cc3cccc(Cl)c3Cl)S(C)=O)cc2)C1. The van der Waals surface area contributed by atoms with Crippen LogP contribution >= 0.6 is 23.2 Å². The number of likely N-dealkylation sites (tertiary alicyclic amines) is 1. The molecule has 9 heteroatoms. The maximum absolute atomic E-state index is 12.6. The van der Waals surface area contributed by atoms with Gasteiger partial charge in [0.15, 0.2) is 0 Å². The molecule has 2 unspecified atom stereocenters. The second-order valence-corrected chi connectivity index (χ2v) is 9.98. The lowest BCUT2D eigenvalue weighted by molar-refractivity contribution is -0.130. The van der Waals surface area contributed by atoms with Gasteiger partial charge >= 0.3 is 0 Å². The Hall–Kier alpha value is -2.09. The summed E-state index contributed by atoms with van der Waals surface area (Å²) < 4.78 is 14.1. The van der Waals surface area contributed by atoms with E-state index in [4.69, 9.17) is 23.2 Å². The lowest BCUT2D eigenvalue weighted by Gasteiger charge is -2.32. The lowest BCUT2D eigenvalue weighted by atomic mass is 9.98. The minimum Gasteiger partial charge on any atom is -0.352 e. The van der Waals surface area contributed by atoms with Crippen molar-refractivity contribution in [2.75, 3.05) is 30.2 Å². The fourth-order valence-electron chi connectivity index (χ4n) is 3.79. The molecule has 6 nitrogen and oxygen atoms in total. The van der Waals surface area contributed by atoms with Gasteiger partial charge in [-0.3, -0.25) is 13.9 Å². The zero-order valence-electron chi connectivity index (χ0n) is 18.1. The van der Waals surface area contributed by atoms with Gasteiger partial charge in [0.25, 0.3) is 5.91 Å². The van der Waals surface area contributed by atoms with Crippen molar-refractivity contribution in [2.24, 2.45) is 5.92 Å². The van der Waals surface area contributed by atoms with Gasteiger partial charge in [-0.15, -0.1) is 0 Å². The fourth-order valence-corrected chi connectivity index (χ4v) is 4.91. The average Bonchev–Trinajstić information content (AvgIpc) is 2.78. The number of hydrogen-bond donors (Lipinski definition) is 1. The third-order valence-corrected chi connectivity index (χ3v) is 7.41. The number of nitrogens with one attached hydrogen (secondary N) is 1. The maximum Gasteiger partial charge on any atom is 0.251 e. The van der Waals surface area contributed by atoms with Crippen LogP contribution in [-0.2, 0) is 22.3 Å². The Morgan fingerprint density at radius 3 is 2.56 bits per heavy atom. The molecule has 3 rings (SSSR count). The van der Waals surface area contributed by atoms with E-state index in [0.717, 1.165) is 24.9 Å². The molecule has 1 saturated heterocycles. The highest BCUT2D eigenvalue weighted by Gasteiger charge is 2.22. The van der Waals surface area contributed by atoms with Crippen LogP contribution in [0, 0.1) is 5.92 Å². The third-order valence-electron chi connectivity index (χ3n) is 5.59. The minimum atomic E-state index is -1.30. The van der Waals surface area contributed by atoms with Gasteiger partial charge in [0.2, 0.25) is 5.91 Å². The number of carbonyl (C=O) groups is 2. The summed E-state index contributed by atoms with van der Waals surface area (Å²) in [6.45, 7) is 3.90. The first-order valence-electron chi connectivity index (χ1n) is 10.4. The lowest BCUT2D eigenvalue weighted by Crippen LogP contribution is -2.42. The van der Waals surface area contributed by atoms with Gasteiger partial charge in [-0.2, -0.15) is 0 Å². The molecule has 2 amide bonds. The average molecular weight is 496 g/mol. The molecule has 0 saturated carbocycles. The van der Waals surface area contributed by atoms with Crippen LogP contribution in [0.1, 0.15) is 35.7 Å². The molecule has 2 atom stereocenters. The van der Waals surface area contributed by atoms with E-state index in [1.165, 1.54) is 0 Å². The highest BCUT2D eigenvalue weighted by molar-refractivity contribution is 7.85. The van der Waals surface area contributed by atoms with E-state index in [0.29, 0.717) is 40.9 Å². The summed E-state index contributed by atoms with van der Waals surface area (Å²) in [5, 5.41) is 3.85. The maximum atomic E-state index is 12.6. The molecule has 172 valence electrons.